The number of carbonyl (C=O) groups excluding carboxylic acids is 2. The Balaban J connectivity index is 3.42. The van der Waals surface area contributed by atoms with E-state index in [0.29, 0.717) is 6.42 Å². The molecule has 0 aliphatic heterocycles. The minimum absolute atomic E-state index is 0.0527. The molecule has 0 aliphatic rings. The topological polar surface area (TPSA) is 55.4 Å². The van der Waals surface area contributed by atoms with Crippen molar-refractivity contribution in [2.75, 3.05) is 13.7 Å². The Bertz CT molecular complexity index is 259. The molecule has 0 aliphatic carbocycles. The summed E-state index contributed by atoms with van der Waals surface area (Å²) in [6.45, 7) is 2.33. The standard InChI is InChI=1S/C14H26ClNO3/c1-3-4-5-6-7-8-9-10-13(17)16-11-12(15)14(18)19-2/h12H,3-11H2,1-2H3,(H,16,17). The zero-order valence-corrected chi connectivity index (χ0v) is 12.8. The number of ether oxygens (including phenoxy) is 1. The van der Waals surface area contributed by atoms with Gasteiger partial charge < -0.3 is 10.1 Å². The molecule has 19 heavy (non-hydrogen) atoms. The van der Waals surface area contributed by atoms with Crippen molar-refractivity contribution in [3.8, 4) is 0 Å². The maximum Gasteiger partial charge on any atom is 0.325 e. The van der Waals surface area contributed by atoms with E-state index in [4.69, 9.17) is 11.6 Å². The molecule has 0 aromatic rings. The van der Waals surface area contributed by atoms with E-state index in [1.165, 1.54) is 39.2 Å². The van der Waals surface area contributed by atoms with Gasteiger partial charge in [0, 0.05) is 13.0 Å². The van der Waals surface area contributed by atoms with E-state index in [1.54, 1.807) is 0 Å². The van der Waals surface area contributed by atoms with Crippen LogP contribution in [0.3, 0.4) is 0 Å². The van der Waals surface area contributed by atoms with Gasteiger partial charge in [0.1, 0.15) is 5.38 Å². The van der Waals surface area contributed by atoms with Gasteiger partial charge in [0.25, 0.3) is 0 Å². The SMILES string of the molecule is CCCCCCCCCC(=O)NCC(Cl)C(=O)OC. The molecule has 1 atom stereocenters. The van der Waals surface area contributed by atoms with Crippen molar-refractivity contribution in [3.05, 3.63) is 0 Å². The molecule has 1 amide bonds. The number of esters is 1. The molecule has 0 fully saturated rings. The highest BCUT2D eigenvalue weighted by Gasteiger charge is 2.16. The van der Waals surface area contributed by atoms with Crippen LogP contribution >= 0.6 is 11.6 Å². The molecule has 0 aromatic carbocycles. The molecule has 1 N–H and O–H groups in total. The number of halogens is 1. The minimum atomic E-state index is -0.803. The van der Waals surface area contributed by atoms with Crippen LogP contribution in [-0.4, -0.2) is 30.9 Å². The zero-order chi connectivity index (χ0) is 14.5. The van der Waals surface area contributed by atoms with Gasteiger partial charge in [-0.05, 0) is 6.42 Å². The number of hydrogen-bond donors (Lipinski definition) is 1. The van der Waals surface area contributed by atoms with Crippen molar-refractivity contribution < 1.29 is 14.3 Å². The molecule has 4 nitrogen and oxygen atoms in total. The van der Waals surface area contributed by atoms with Crippen LogP contribution in [-0.2, 0) is 14.3 Å². The first-order valence-electron chi connectivity index (χ1n) is 7.10. The fourth-order valence-electron chi connectivity index (χ4n) is 1.75. The lowest BCUT2D eigenvalue weighted by molar-refractivity contribution is -0.140. The number of unbranched alkanes of at least 4 members (excludes halogenated alkanes) is 6. The van der Waals surface area contributed by atoms with Crippen LogP contribution in [0.15, 0.2) is 0 Å². The Hall–Kier alpha value is -0.770. The van der Waals surface area contributed by atoms with Gasteiger partial charge in [0.15, 0.2) is 0 Å². The van der Waals surface area contributed by atoms with E-state index in [-0.39, 0.29) is 12.5 Å². The molecule has 0 rings (SSSR count). The van der Waals surface area contributed by atoms with Gasteiger partial charge in [-0.15, -0.1) is 11.6 Å². The van der Waals surface area contributed by atoms with Crippen LogP contribution in [0.1, 0.15) is 58.3 Å². The third-order valence-corrected chi connectivity index (χ3v) is 3.28. The number of rotatable bonds is 11. The number of methoxy groups -OCH3 is 1. The van der Waals surface area contributed by atoms with Crippen molar-refractivity contribution in [2.24, 2.45) is 0 Å². The molecule has 1 unspecified atom stereocenters. The highest BCUT2D eigenvalue weighted by molar-refractivity contribution is 6.30. The molecule has 0 bridgehead atoms. The summed E-state index contributed by atoms with van der Waals surface area (Å²) in [7, 11) is 1.28. The molecule has 112 valence electrons. The quantitative estimate of drug-likeness (QED) is 0.362. The lowest BCUT2D eigenvalue weighted by Crippen LogP contribution is -2.34. The lowest BCUT2D eigenvalue weighted by atomic mass is 10.1. The first-order valence-corrected chi connectivity index (χ1v) is 7.54. The Morgan fingerprint density at radius 2 is 1.68 bits per heavy atom. The summed E-state index contributed by atoms with van der Waals surface area (Å²) < 4.78 is 4.47. The summed E-state index contributed by atoms with van der Waals surface area (Å²) in [5, 5.41) is 1.83. The van der Waals surface area contributed by atoms with Gasteiger partial charge in [-0.1, -0.05) is 45.4 Å². The number of amides is 1. The Morgan fingerprint density at radius 3 is 2.26 bits per heavy atom. The smallest absolute Gasteiger partial charge is 0.325 e. The average Bonchev–Trinajstić information content (AvgIpc) is 2.42. The molecule has 0 heterocycles. The first kappa shape index (κ1) is 18.2. The molecule has 5 heteroatoms. The van der Waals surface area contributed by atoms with Crippen molar-refractivity contribution in [1.82, 2.24) is 5.32 Å². The van der Waals surface area contributed by atoms with E-state index < -0.39 is 11.3 Å². The zero-order valence-electron chi connectivity index (χ0n) is 12.0. The van der Waals surface area contributed by atoms with Crippen molar-refractivity contribution in [3.63, 3.8) is 0 Å². The molecule has 0 saturated carbocycles. The number of hydrogen-bond acceptors (Lipinski definition) is 3. The molecular formula is C14H26ClNO3. The van der Waals surface area contributed by atoms with E-state index in [0.717, 1.165) is 12.8 Å². The predicted octanol–water partition coefficient (Wildman–Crippen LogP) is 3.02. The fourth-order valence-corrected chi connectivity index (χ4v) is 1.91. The van der Waals surface area contributed by atoms with Gasteiger partial charge in [-0.3, -0.25) is 9.59 Å². The van der Waals surface area contributed by atoms with Gasteiger partial charge in [0.05, 0.1) is 7.11 Å². The monoisotopic (exact) mass is 291 g/mol. The van der Waals surface area contributed by atoms with Gasteiger partial charge in [0.2, 0.25) is 5.91 Å². The second-order valence-corrected chi connectivity index (χ2v) is 5.19. The van der Waals surface area contributed by atoms with Crippen LogP contribution in [0, 0.1) is 0 Å². The Morgan fingerprint density at radius 1 is 1.11 bits per heavy atom. The molecule has 0 saturated heterocycles. The molecule has 0 spiro atoms. The summed E-state index contributed by atoms with van der Waals surface area (Å²) in [4.78, 5) is 22.5. The van der Waals surface area contributed by atoms with Crippen molar-refractivity contribution >= 4 is 23.5 Å². The molecule has 0 aromatic heterocycles. The highest BCUT2D eigenvalue weighted by Crippen LogP contribution is 2.08. The third-order valence-electron chi connectivity index (χ3n) is 2.94. The average molecular weight is 292 g/mol. The van der Waals surface area contributed by atoms with Crippen LogP contribution in [0.2, 0.25) is 0 Å². The molecule has 0 radical (unpaired) electrons. The maximum atomic E-state index is 11.5. The number of alkyl halides is 1. The van der Waals surface area contributed by atoms with E-state index in [1.807, 2.05) is 0 Å². The largest absolute Gasteiger partial charge is 0.468 e. The van der Waals surface area contributed by atoms with Crippen LogP contribution in [0.5, 0.6) is 0 Å². The summed E-state index contributed by atoms with van der Waals surface area (Å²) in [5.74, 6) is -0.569. The van der Waals surface area contributed by atoms with Crippen LogP contribution < -0.4 is 5.32 Å². The summed E-state index contributed by atoms with van der Waals surface area (Å²) in [6, 6.07) is 0. The lowest BCUT2D eigenvalue weighted by Gasteiger charge is -2.08. The van der Waals surface area contributed by atoms with Crippen LogP contribution in [0.25, 0.3) is 0 Å². The Kier molecular flexibility index (Phi) is 11.8. The normalized spacial score (nSPS) is 11.9. The minimum Gasteiger partial charge on any atom is -0.468 e. The predicted molar refractivity (Wildman–Crippen MR) is 77.3 cm³/mol. The Labute approximate surface area is 121 Å². The number of nitrogens with one attached hydrogen (secondary N) is 1. The van der Waals surface area contributed by atoms with Gasteiger partial charge >= 0.3 is 5.97 Å². The third kappa shape index (κ3) is 10.8. The number of carbonyl (C=O) groups is 2. The van der Waals surface area contributed by atoms with Crippen LogP contribution in [0.4, 0.5) is 0 Å². The summed E-state index contributed by atoms with van der Waals surface area (Å²) in [6.07, 6.45) is 8.75. The highest BCUT2D eigenvalue weighted by atomic mass is 35.5. The second-order valence-electron chi connectivity index (χ2n) is 4.67. The first-order chi connectivity index (χ1) is 9.11. The van der Waals surface area contributed by atoms with Gasteiger partial charge in [-0.25, -0.2) is 0 Å². The summed E-state index contributed by atoms with van der Waals surface area (Å²) >= 11 is 5.72. The van der Waals surface area contributed by atoms with E-state index in [9.17, 15) is 9.59 Å². The van der Waals surface area contributed by atoms with Crippen molar-refractivity contribution in [2.45, 2.75) is 63.7 Å². The maximum absolute atomic E-state index is 11.5. The van der Waals surface area contributed by atoms with E-state index in [2.05, 4.69) is 17.0 Å². The van der Waals surface area contributed by atoms with E-state index >= 15 is 0 Å². The van der Waals surface area contributed by atoms with Crippen molar-refractivity contribution in [1.29, 1.82) is 0 Å². The summed E-state index contributed by atoms with van der Waals surface area (Å²) in [5.41, 5.74) is 0. The second kappa shape index (κ2) is 12.3. The fraction of sp³-hybridized carbons (Fsp3) is 0.857. The molecular weight excluding hydrogens is 266 g/mol. The van der Waals surface area contributed by atoms with Gasteiger partial charge in [-0.2, -0.15) is 0 Å².